The minimum absolute atomic E-state index is 0.0734. The third kappa shape index (κ3) is 2.45. The van der Waals surface area contributed by atoms with Gasteiger partial charge in [0.25, 0.3) is 0 Å². The van der Waals surface area contributed by atoms with Gasteiger partial charge in [-0.15, -0.1) is 0 Å². The lowest BCUT2D eigenvalue weighted by molar-refractivity contribution is 0.0693. The molecule has 0 saturated carbocycles. The van der Waals surface area contributed by atoms with Gasteiger partial charge in [-0.05, 0) is 12.1 Å². The molecule has 0 fully saturated rings. The number of aromatic hydroxyl groups is 1. The number of phenols is 1. The molecule has 0 amide bonds. The molecule has 0 aromatic heterocycles. The van der Waals surface area contributed by atoms with E-state index in [0.717, 1.165) is 0 Å². The monoisotopic (exact) mass is 277 g/mol. The summed E-state index contributed by atoms with van der Waals surface area (Å²) in [5.74, 6) is -1.78. The highest BCUT2D eigenvalue weighted by Crippen LogP contribution is 2.31. The second-order valence-electron chi connectivity index (χ2n) is 2.96. The van der Waals surface area contributed by atoms with E-state index in [2.05, 4.69) is 15.9 Å². The molecule has 0 unspecified atom stereocenters. The van der Waals surface area contributed by atoms with Gasteiger partial charge in [0.15, 0.2) is 0 Å². The van der Waals surface area contributed by atoms with Crippen molar-refractivity contribution in [3.05, 3.63) is 27.7 Å². The molecule has 4 N–H and O–H groups in total. The molecular weight excluding hydrogens is 269 g/mol. The highest BCUT2D eigenvalue weighted by molar-refractivity contribution is 9.10. The SMILES string of the molecule is N[C@H](CF)c1cc(Br)cc(C(=O)O)c1O. The molecule has 1 atom stereocenters. The largest absolute Gasteiger partial charge is 0.507 e. The Hall–Kier alpha value is -1.14. The number of benzene rings is 1. The fourth-order valence-corrected chi connectivity index (χ4v) is 1.62. The molecule has 4 nitrogen and oxygen atoms in total. The Kier molecular flexibility index (Phi) is 3.65. The molecule has 0 radical (unpaired) electrons. The summed E-state index contributed by atoms with van der Waals surface area (Å²) in [5.41, 5.74) is 5.16. The molecule has 0 aliphatic rings. The molecular formula is C9H9BrFNO3. The lowest BCUT2D eigenvalue weighted by Crippen LogP contribution is -2.13. The maximum atomic E-state index is 12.3. The van der Waals surface area contributed by atoms with Crippen LogP contribution in [0.5, 0.6) is 5.75 Å². The van der Waals surface area contributed by atoms with Gasteiger partial charge < -0.3 is 15.9 Å². The van der Waals surface area contributed by atoms with E-state index in [9.17, 15) is 14.3 Å². The van der Waals surface area contributed by atoms with Crippen LogP contribution in [0.1, 0.15) is 22.0 Å². The van der Waals surface area contributed by atoms with Gasteiger partial charge in [-0.2, -0.15) is 0 Å². The zero-order valence-corrected chi connectivity index (χ0v) is 9.16. The Labute approximate surface area is 93.6 Å². The summed E-state index contributed by atoms with van der Waals surface area (Å²) < 4.78 is 12.7. The number of carboxylic acids is 1. The number of hydrogen-bond acceptors (Lipinski definition) is 3. The Morgan fingerprint density at radius 1 is 1.60 bits per heavy atom. The van der Waals surface area contributed by atoms with Crippen molar-refractivity contribution < 1.29 is 19.4 Å². The average molecular weight is 278 g/mol. The first-order valence-corrected chi connectivity index (χ1v) is 4.84. The van der Waals surface area contributed by atoms with Crippen LogP contribution in [0, 0.1) is 0 Å². The van der Waals surface area contributed by atoms with Crippen LogP contribution in [0.2, 0.25) is 0 Å². The van der Waals surface area contributed by atoms with Crippen molar-refractivity contribution in [3.8, 4) is 5.75 Å². The number of carboxylic acid groups (broad SMARTS) is 1. The molecule has 1 rings (SSSR count). The first-order chi connectivity index (χ1) is 6.97. The molecule has 0 spiro atoms. The van der Waals surface area contributed by atoms with Crippen molar-refractivity contribution in [2.24, 2.45) is 5.73 Å². The third-order valence-corrected chi connectivity index (χ3v) is 2.36. The minimum Gasteiger partial charge on any atom is -0.507 e. The van der Waals surface area contributed by atoms with Gasteiger partial charge in [-0.25, -0.2) is 9.18 Å². The van der Waals surface area contributed by atoms with Crippen molar-refractivity contribution in [3.63, 3.8) is 0 Å². The van der Waals surface area contributed by atoms with Crippen LogP contribution in [0.25, 0.3) is 0 Å². The van der Waals surface area contributed by atoms with Crippen LogP contribution in [0.15, 0.2) is 16.6 Å². The normalized spacial score (nSPS) is 12.5. The van der Waals surface area contributed by atoms with E-state index in [0.29, 0.717) is 4.47 Å². The second-order valence-corrected chi connectivity index (χ2v) is 3.87. The second kappa shape index (κ2) is 4.59. The topological polar surface area (TPSA) is 83.6 Å². The number of rotatable bonds is 3. The Bertz CT molecular complexity index is 397. The van der Waals surface area contributed by atoms with Gasteiger partial charge in [-0.1, -0.05) is 15.9 Å². The number of aromatic carboxylic acids is 1. The number of halogens is 2. The van der Waals surface area contributed by atoms with Crippen LogP contribution < -0.4 is 5.73 Å². The first kappa shape index (κ1) is 11.9. The lowest BCUT2D eigenvalue weighted by atomic mass is 10.0. The molecule has 1 aromatic rings. The van der Waals surface area contributed by atoms with Gasteiger partial charge in [0.05, 0.1) is 6.04 Å². The van der Waals surface area contributed by atoms with Crippen molar-refractivity contribution >= 4 is 21.9 Å². The predicted octanol–water partition coefficient (Wildman–Crippen LogP) is 1.82. The summed E-state index contributed by atoms with van der Waals surface area (Å²) in [6, 6.07) is 1.60. The summed E-state index contributed by atoms with van der Waals surface area (Å²) in [5, 5.41) is 18.3. The molecule has 6 heteroatoms. The number of alkyl halides is 1. The summed E-state index contributed by atoms with van der Waals surface area (Å²) in [6.45, 7) is -0.872. The summed E-state index contributed by atoms with van der Waals surface area (Å²) >= 11 is 3.06. The van der Waals surface area contributed by atoms with E-state index in [4.69, 9.17) is 10.8 Å². The van der Waals surface area contributed by atoms with Gasteiger partial charge >= 0.3 is 5.97 Å². The average Bonchev–Trinajstić information content (AvgIpc) is 2.19. The van der Waals surface area contributed by atoms with Crippen LogP contribution in [-0.4, -0.2) is 22.9 Å². The fraction of sp³-hybridized carbons (Fsp3) is 0.222. The minimum atomic E-state index is -1.29. The van der Waals surface area contributed by atoms with Crippen molar-refractivity contribution in [1.29, 1.82) is 0 Å². The Morgan fingerprint density at radius 3 is 2.67 bits per heavy atom. The number of carbonyl (C=O) groups is 1. The molecule has 82 valence electrons. The van der Waals surface area contributed by atoms with Crippen molar-refractivity contribution in [2.75, 3.05) is 6.67 Å². The van der Waals surface area contributed by atoms with E-state index >= 15 is 0 Å². The van der Waals surface area contributed by atoms with Crippen LogP contribution in [-0.2, 0) is 0 Å². The zero-order valence-electron chi connectivity index (χ0n) is 7.58. The van der Waals surface area contributed by atoms with Crippen LogP contribution in [0.4, 0.5) is 4.39 Å². The molecule has 0 aliphatic carbocycles. The van der Waals surface area contributed by atoms with Gasteiger partial charge in [0.2, 0.25) is 0 Å². The molecule has 0 heterocycles. The zero-order chi connectivity index (χ0) is 11.6. The highest BCUT2D eigenvalue weighted by atomic mass is 79.9. The summed E-state index contributed by atoms with van der Waals surface area (Å²) in [7, 11) is 0. The third-order valence-electron chi connectivity index (χ3n) is 1.90. The molecule has 1 aromatic carbocycles. The quantitative estimate of drug-likeness (QED) is 0.787. The molecule has 0 saturated heterocycles. The van der Waals surface area contributed by atoms with Crippen molar-refractivity contribution in [2.45, 2.75) is 6.04 Å². The maximum Gasteiger partial charge on any atom is 0.339 e. The van der Waals surface area contributed by atoms with E-state index in [1.165, 1.54) is 12.1 Å². The van der Waals surface area contributed by atoms with Gasteiger partial charge in [-0.3, -0.25) is 0 Å². The summed E-state index contributed by atoms with van der Waals surface area (Å²) in [6.07, 6.45) is 0. The number of nitrogens with two attached hydrogens (primary N) is 1. The highest BCUT2D eigenvalue weighted by Gasteiger charge is 2.18. The van der Waals surface area contributed by atoms with Gasteiger partial charge in [0, 0.05) is 10.0 Å². The summed E-state index contributed by atoms with van der Waals surface area (Å²) in [4.78, 5) is 10.7. The van der Waals surface area contributed by atoms with E-state index in [-0.39, 0.29) is 11.1 Å². The lowest BCUT2D eigenvalue weighted by Gasteiger charge is -2.12. The van der Waals surface area contributed by atoms with Gasteiger partial charge in [0.1, 0.15) is 18.0 Å². The predicted molar refractivity (Wildman–Crippen MR) is 55.7 cm³/mol. The van der Waals surface area contributed by atoms with Crippen molar-refractivity contribution in [1.82, 2.24) is 0 Å². The maximum absolute atomic E-state index is 12.3. The smallest absolute Gasteiger partial charge is 0.339 e. The molecule has 0 bridgehead atoms. The Morgan fingerprint density at radius 2 is 2.20 bits per heavy atom. The standard InChI is InChI=1S/C9H9BrFNO3/c10-4-1-5(7(12)3-11)8(13)6(2-4)9(14)15/h1-2,7,13H,3,12H2,(H,14,15)/t7-/m1/s1. The van der Waals surface area contributed by atoms with E-state index in [1.807, 2.05) is 0 Å². The van der Waals surface area contributed by atoms with Crippen LogP contribution in [0.3, 0.4) is 0 Å². The fourth-order valence-electron chi connectivity index (χ4n) is 1.15. The first-order valence-electron chi connectivity index (χ1n) is 4.04. The van der Waals surface area contributed by atoms with E-state index in [1.54, 1.807) is 0 Å². The molecule has 15 heavy (non-hydrogen) atoms. The van der Waals surface area contributed by atoms with Crippen LogP contribution >= 0.6 is 15.9 Å². The Balaban J connectivity index is 3.34. The number of hydrogen-bond donors (Lipinski definition) is 3. The van der Waals surface area contributed by atoms with E-state index < -0.39 is 24.4 Å². The molecule has 0 aliphatic heterocycles.